The summed E-state index contributed by atoms with van der Waals surface area (Å²) in [6, 6.07) is 28.2. The first-order valence-electron chi connectivity index (χ1n) is 15.2. The molecule has 0 saturated carbocycles. The van der Waals surface area contributed by atoms with Crippen molar-refractivity contribution >= 4 is 0 Å². The van der Waals surface area contributed by atoms with Crippen molar-refractivity contribution in [3.8, 4) is 33.6 Å². The molecule has 3 aromatic carbocycles. The Bertz CT molecular complexity index is 1940. The third-order valence-corrected chi connectivity index (χ3v) is 9.41. The number of hydrogen-bond acceptors (Lipinski definition) is 0. The number of allylic oxidation sites excluding steroid dienone is 1. The van der Waals surface area contributed by atoms with Crippen LogP contribution in [0.3, 0.4) is 0 Å². The van der Waals surface area contributed by atoms with Crippen LogP contribution in [0.25, 0.3) is 33.6 Å². The third kappa shape index (κ3) is 5.10. The van der Waals surface area contributed by atoms with Gasteiger partial charge in [-0.1, -0.05) is 61.2 Å². The lowest BCUT2D eigenvalue weighted by atomic mass is 9.74. The van der Waals surface area contributed by atoms with Gasteiger partial charge in [0.1, 0.15) is 0 Å². The zero-order valence-corrected chi connectivity index (χ0v) is 24.7. The second-order valence-electron chi connectivity index (χ2n) is 11.9. The topological polar surface area (TPSA) is 7.76 Å². The Hall–Kier alpha value is -4.72. The smallest absolute Gasteiger partial charge is 0.195 e. The minimum atomic E-state index is -5.22. The molecule has 3 unspecified atom stereocenters. The zero-order chi connectivity index (χ0) is 32.2. The van der Waals surface area contributed by atoms with E-state index < -0.39 is 29.4 Å². The highest BCUT2D eigenvalue weighted by atomic mass is 19.4. The molecular formula is C38H30F6N2+2. The molecule has 46 heavy (non-hydrogen) atoms. The number of benzene rings is 3. The lowest BCUT2D eigenvalue weighted by Crippen LogP contribution is -2.51. The van der Waals surface area contributed by atoms with Gasteiger partial charge in [-0.05, 0) is 59.9 Å². The van der Waals surface area contributed by atoms with Crippen LogP contribution in [0.1, 0.15) is 53.1 Å². The van der Waals surface area contributed by atoms with Crippen molar-refractivity contribution in [2.24, 2.45) is 0 Å². The van der Waals surface area contributed by atoms with Crippen LogP contribution in [0.2, 0.25) is 0 Å². The molecule has 232 valence electrons. The van der Waals surface area contributed by atoms with E-state index in [2.05, 4.69) is 29.5 Å². The molecule has 2 aliphatic rings. The summed E-state index contributed by atoms with van der Waals surface area (Å²) in [4.78, 5) is 0. The van der Waals surface area contributed by atoms with Gasteiger partial charge in [-0.2, -0.15) is 35.5 Å². The van der Waals surface area contributed by atoms with E-state index in [9.17, 15) is 26.3 Å². The van der Waals surface area contributed by atoms with Crippen LogP contribution in [0.5, 0.6) is 0 Å². The summed E-state index contributed by atoms with van der Waals surface area (Å²) in [5.41, 5.74) is 1.78. The van der Waals surface area contributed by atoms with Crippen LogP contribution in [-0.2, 0) is 18.8 Å². The molecule has 2 nitrogen and oxygen atoms in total. The quantitative estimate of drug-likeness (QED) is 0.105. The maximum absolute atomic E-state index is 14.7. The van der Waals surface area contributed by atoms with Gasteiger partial charge in [-0.3, -0.25) is 0 Å². The van der Waals surface area contributed by atoms with Crippen LogP contribution in [-0.4, -0.2) is 0 Å². The summed E-state index contributed by atoms with van der Waals surface area (Å²) >= 11 is 0. The van der Waals surface area contributed by atoms with Crippen molar-refractivity contribution in [3.63, 3.8) is 0 Å². The average Bonchev–Trinajstić information content (AvgIpc) is 3.05. The molecule has 0 fully saturated rings. The van der Waals surface area contributed by atoms with Crippen molar-refractivity contribution in [2.75, 3.05) is 0 Å². The Morgan fingerprint density at radius 2 is 1.43 bits per heavy atom. The number of pyridine rings is 2. The fraction of sp³-hybridized carbons (Fsp3) is 0.211. The van der Waals surface area contributed by atoms with Crippen molar-refractivity contribution in [1.29, 1.82) is 0 Å². The third-order valence-electron chi connectivity index (χ3n) is 9.41. The summed E-state index contributed by atoms with van der Waals surface area (Å²) < 4.78 is 90.3. The maximum Gasteiger partial charge on any atom is 0.417 e. The average molecular weight is 629 g/mol. The summed E-state index contributed by atoms with van der Waals surface area (Å²) in [6.07, 6.45) is -3.30. The molecule has 0 saturated heterocycles. The van der Waals surface area contributed by atoms with Crippen molar-refractivity contribution in [1.82, 2.24) is 0 Å². The Kier molecular flexibility index (Phi) is 7.34. The lowest BCUT2D eigenvalue weighted by molar-refractivity contribution is -0.744. The van der Waals surface area contributed by atoms with Gasteiger partial charge in [0.05, 0.1) is 23.1 Å². The minimum absolute atomic E-state index is 0.126. The molecule has 0 amide bonds. The van der Waals surface area contributed by atoms with Gasteiger partial charge >= 0.3 is 12.4 Å². The number of halogens is 6. The van der Waals surface area contributed by atoms with Gasteiger partial charge < -0.3 is 0 Å². The van der Waals surface area contributed by atoms with E-state index in [0.29, 0.717) is 30.9 Å². The zero-order valence-electron chi connectivity index (χ0n) is 24.7. The van der Waals surface area contributed by atoms with E-state index in [1.165, 1.54) is 12.1 Å². The molecule has 0 N–H and O–H groups in total. The maximum atomic E-state index is 14.7. The highest BCUT2D eigenvalue weighted by Gasteiger charge is 2.51. The first kappa shape index (κ1) is 30.0. The molecule has 2 aliphatic heterocycles. The molecule has 0 aliphatic carbocycles. The number of hydrogen-bond donors (Lipinski definition) is 0. The van der Waals surface area contributed by atoms with Crippen molar-refractivity contribution in [2.45, 2.75) is 49.6 Å². The van der Waals surface area contributed by atoms with E-state index in [1.54, 1.807) is 22.9 Å². The van der Waals surface area contributed by atoms with Gasteiger partial charge in [-0.25, -0.2) is 0 Å². The highest BCUT2D eigenvalue weighted by molar-refractivity contribution is 5.71. The Morgan fingerprint density at radius 1 is 0.696 bits per heavy atom. The molecule has 3 atom stereocenters. The normalized spacial score (nSPS) is 19.1. The standard InChI is InChI=1S/C38H30F6N2/c1-2-27-22-34-29(30-18-19-31(37(39,40)41)36(38(42,43)44)35(30)33-14-8-9-21-45(33)34)17-15-25-12-6-7-13-28(25)32-20-16-26(23-46(27)32)24-10-4-3-5-11-24/h2-14,16,18-21,23,27,29,34H,1,15,17,22H2/q+2. The predicted octanol–water partition coefficient (Wildman–Crippen LogP) is 9.70. The van der Waals surface area contributed by atoms with Crippen LogP contribution in [0.4, 0.5) is 26.3 Å². The van der Waals surface area contributed by atoms with Crippen molar-refractivity contribution < 1.29 is 35.5 Å². The summed E-state index contributed by atoms with van der Waals surface area (Å²) in [7, 11) is 0. The van der Waals surface area contributed by atoms with E-state index in [0.717, 1.165) is 27.9 Å². The SMILES string of the molecule is C=CC1CC2C(CCc3ccccc3-c3ccc(-c4ccccc4)c[n+]31)c1ccc(C(F)(F)F)c(C(F)(F)F)c1-c1cccc[n+]12. The predicted molar refractivity (Wildman–Crippen MR) is 164 cm³/mol. The Balaban J connectivity index is 1.47. The van der Waals surface area contributed by atoms with Gasteiger partial charge in [0.25, 0.3) is 0 Å². The molecule has 8 heteroatoms. The molecule has 0 spiro atoms. The van der Waals surface area contributed by atoms with E-state index in [1.807, 2.05) is 60.7 Å². The summed E-state index contributed by atoms with van der Waals surface area (Å²) in [5, 5.41) is 0. The molecule has 7 rings (SSSR count). The number of aryl methyl sites for hydroxylation is 1. The van der Waals surface area contributed by atoms with Gasteiger partial charge in [0, 0.05) is 35.2 Å². The van der Waals surface area contributed by atoms with Crippen LogP contribution in [0, 0.1) is 0 Å². The van der Waals surface area contributed by atoms with Crippen LogP contribution in [0.15, 0.2) is 122 Å². The van der Waals surface area contributed by atoms with Gasteiger partial charge in [0.15, 0.2) is 24.5 Å². The molecule has 2 aromatic heterocycles. The fourth-order valence-corrected chi connectivity index (χ4v) is 7.41. The Labute approximate surface area is 262 Å². The molecule has 0 bridgehead atoms. The van der Waals surface area contributed by atoms with E-state index >= 15 is 0 Å². The second-order valence-corrected chi connectivity index (χ2v) is 11.9. The first-order chi connectivity index (χ1) is 22.1. The highest BCUT2D eigenvalue weighted by Crippen LogP contribution is 2.52. The molecule has 5 aromatic rings. The van der Waals surface area contributed by atoms with E-state index in [4.69, 9.17) is 0 Å². The second kappa shape index (κ2) is 11.3. The fourth-order valence-electron chi connectivity index (χ4n) is 7.41. The number of alkyl halides is 6. The number of rotatable bonds is 2. The Morgan fingerprint density at radius 3 is 2.17 bits per heavy atom. The monoisotopic (exact) mass is 628 g/mol. The molecule has 0 radical (unpaired) electrons. The molecule has 4 heterocycles. The van der Waals surface area contributed by atoms with Crippen molar-refractivity contribution in [3.05, 3.63) is 144 Å². The van der Waals surface area contributed by atoms with Crippen LogP contribution < -0.4 is 9.13 Å². The largest absolute Gasteiger partial charge is 0.417 e. The molecular weight excluding hydrogens is 598 g/mol. The number of nitrogens with zero attached hydrogens (tertiary/aromatic N) is 2. The van der Waals surface area contributed by atoms with Gasteiger partial charge in [-0.15, -0.1) is 0 Å². The number of aromatic nitrogens is 2. The number of fused-ring (bicyclic) bond motifs is 9. The van der Waals surface area contributed by atoms with E-state index in [-0.39, 0.29) is 23.3 Å². The lowest BCUT2D eigenvalue weighted by Gasteiger charge is -2.34. The summed E-state index contributed by atoms with van der Waals surface area (Å²) in [5.74, 6) is -0.492. The minimum Gasteiger partial charge on any atom is -0.195 e. The van der Waals surface area contributed by atoms with Gasteiger partial charge in [0.2, 0.25) is 11.4 Å². The first-order valence-corrected chi connectivity index (χ1v) is 15.2. The van der Waals surface area contributed by atoms with Crippen LogP contribution >= 0.6 is 0 Å². The summed E-state index contributed by atoms with van der Waals surface area (Å²) in [6.45, 7) is 4.19.